The van der Waals surface area contributed by atoms with Crippen molar-refractivity contribution in [1.29, 1.82) is 0 Å². The molecule has 0 amide bonds. The highest BCUT2D eigenvalue weighted by Gasteiger charge is 2.09. The lowest BCUT2D eigenvalue weighted by atomic mass is 10.0. The van der Waals surface area contributed by atoms with E-state index in [0.29, 0.717) is 12.1 Å². The normalized spacial score (nSPS) is 12.3. The highest BCUT2D eigenvalue weighted by atomic mass is 19.1. The van der Waals surface area contributed by atoms with Crippen molar-refractivity contribution in [3.8, 4) is 0 Å². The molecule has 1 atom stereocenters. The van der Waals surface area contributed by atoms with E-state index < -0.39 is 0 Å². The number of benzene rings is 2. The molecule has 0 heterocycles. The maximum absolute atomic E-state index is 13.3. The van der Waals surface area contributed by atoms with Crippen LogP contribution in [0.25, 0.3) is 0 Å². The number of nitrogens with one attached hydrogen (secondary N) is 1. The Balaban J connectivity index is 2.03. The van der Waals surface area contributed by atoms with E-state index >= 15 is 0 Å². The molecule has 0 bridgehead atoms. The number of aliphatic hydroxyl groups excluding tert-OH is 1. The van der Waals surface area contributed by atoms with Crippen LogP contribution >= 0.6 is 0 Å². The molecular weight excluding hydrogens is 253 g/mol. The van der Waals surface area contributed by atoms with E-state index in [1.807, 2.05) is 18.2 Å². The Kier molecular flexibility index (Phi) is 5.27. The van der Waals surface area contributed by atoms with Gasteiger partial charge in [0.15, 0.2) is 0 Å². The molecule has 106 valence electrons. The fraction of sp³-hybridized carbons (Fsp3) is 0.294. The third kappa shape index (κ3) is 3.65. The first-order valence-corrected chi connectivity index (χ1v) is 6.91. The molecule has 1 unspecified atom stereocenters. The Morgan fingerprint density at radius 1 is 1.15 bits per heavy atom. The van der Waals surface area contributed by atoms with E-state index in [-0.39, 0.29) is 18.5 Å². The van der Waals surface area contributed by atoms with Crippen molar-refractivity contribution in [3.05, 3.63) is 71.0 Å². The van der Waals surface area contributed by atoms with Gasteiger partial charge < -0.3 is 10.4 Å². The first kappa shape index (κ1) is 14.7. The zero-order valence-corrected chi connectivity index (χ0v) is 11.6. The minimum absolute atomic E-state index is 0.268. The summed E-state index contributed by atoms with van der Waals surface area (Å²) in [5.41, 5.74) is 2.57. The van der Waals surface area contributed by atoms with Crippen LogP contribution in [0.5, 0.6) is 0 Å². The van der Waals surface area contributed by atoms with E-state index in [4.69, 9.17) is 5.11 Å². The topological polar surface area (TPSA) is 32.3 Å². The number of hydrogen-bond acceptors (Lipinski definition) is 2. The summed E-state index contributed by atoms with van der Waals surface area (Å²) >= 11 is 0. The average molecular weight is 273 g/mol. The van der Waals surface area contributed by atoms with Crippen molar-refractivity contribution in [3.63, 3.8) is 0 Å². The second-order valence-corrected chi connectivity index (χ2v) is 4.84. The molecule has 3 heteroatoms. The molecule has 2 aromatic rings. The van der Waals surface area contributed by atoms with Crippen molar-refractivity contribution in [2.75, 3.05) is 0 Å². The van der Waals surface area contributed by atoms with Crippen molar-refractivity contribution < 1.29 is 9.50 Å². The van der Waals surface area contributed by atoms with Crippen molar-refractivity contribution in [2.45, 2.75) is 32.5 Å². The summed E-state index contributed by atoms with van der Waals surface area (Å²) in [4.78, 5) is 0. The van der Waals surface area contributed by atoms with Crippen LogP contribution in [-0.2, 0) is 13.2 Å². The van der Waals surface area contributed by atoms with E-state index in [1.54, 1.807) is 12.1 Å². The Bertz CT molecular complexity index is 542. The van der Waals surface area contributed by atoms with E-state index in [0.717, 1.165) is 12.0 Å². The Labute approximate surface area is 119 Å². The Morgan fingerprint density at radius 2 is 1.90 bits per heavy atom. The fourth-order valence-electron chi connectivity index (χ4n) is 2.28. The van der Waals surface area contributed by atoms with Crippen LogP contribution in [0.1, 0.15) is 36.1 Å². The molecule has 0 radical (unpaired) electrons. The van der Waals surface area contributed by atoms with Gasteiger partial charge in [-0.3, -0.25) is 0 Å². The summed E-state index contributed by atoms with van der Waals surface area (Å²) in [6.07, 6.45) is 0.984. The third-order valence-electron chi connectivity index (χ3n) is 3.44. The molecular formula is C17H20FNO. The molecule has 0 fully saturated rings. The van der Waals surface area contributed by atoms with Gasteiger partial charge in [0.05, 0.1) is 6.61 Å². The summed E-state index contributed by atoms with van der Waals surface area (Å²) in [6, 6.07) is 15.4. The maximum Gasteiger partial charge on any atom is 0.128 e. The van der Waals surface area contributed by atoms with Crippen LogP contribution in [0.4, 0.5) is 4.39 Å². The quantitative estimate of drug-likeness (QED) is 0.843. The first-order valence-electron chi connectivity index (χ1n) is 6.91. The van der Waals surface area contributed by atoms with Crippen molar-refractivity contribution >= 4 is 0 Å². The molecule has 0 saturated carbocycles. The average Bonchev–Trinajstić information content (AvgIpc) is 2.50. The highest BCUT2D eigenvalue weighted by molar-refractivity contribution is 5.25. The molecule has 0 aromatic heterocycles. The molecule has 2 rings (SSSR count). The predicted molar refractivity (Wildman–Crippen MR) is 78.6 cm³/mol. The molecule has 0 aliphatic heterocycles. The molecule has 0 spiro atoms. The molecule has 2 nitrogen and oxygen atoms in total. The smallest absolute Gasteiger partial charge is 0.128 e. The molecule has 0 aliphatic rings. The molecule has 0 saturated heterocycles. The molecule has 2 N–H and O–H groups in total. The standard InChI is InChI=1S/C17H20FNO/c1-2-17(14-6-4-3-5-7-14)19-11-13-8-9-16(18)15(10-13)12-20/h3-10,17,19-20H,2,11-12H2,1H3. The van der Waals surface area contributed by atoms with Crippen LogP contribution in [0.2, 0.25) is 0 Å². The Morgan fingerprint density at radius 3 is 2.55 bits per heavy atom. The van der Waals surface area contributed by atoms with Gasteiger partial charge in [0.2, 0.25) is 0 Å². The monoisotopic (exact) mass is 273 g/mol. The fourth-order valence-corrected chi connectivity index (χ4v) is 2.28. The zero-order valence-electron chi connectivity index (χ0n) is 11.6. The minimum atomic E-state index is -0.355. The largest absolute Gasteiger partial charge is 0.392 e. The van der Waals surface area contributed by atoms with Gasteiger partial charge in [0.1, 0.15) is 5.82 Å². The van der Waals surface area contributed by atoms with Crippen molar-refractivity contribution in [2.24, 2.45) is 0 Å². The second-order valence-electron chi connectivity index (χ2n) is 4.84. The van der Waals surface area contributed by atoms with Gasteiger partial charge in [0.25, 0.3) is 0 Å². The third-order valence-corrected chi connectivity index (χ3v) is 3.44. The van der Waals surface area contributed by atoms with Crippen LogP contribution in [0.3, 0.4) is 0 Å². The zero-order chi connectivity index (χ0) is 14.4. The van der Waals surface area contributed by atoms with E-state index in [1.165, 1.54) is 11.6 Å². The lowest BCUT2D eigenvalue weighted by Gasteiger charge is -2.17. The Hall–Kier alpha value is -1.71. The summed E-state index contributed by atoms with van der Waals surface area (Å²) in [5.74, 6) is -0.355. The van der Waals surface area contributed by atoms with Gasteiger partial charge in [-0.1, -0.05) is 43.3 Å². The molecule has 20 heavy (non-hydrogen) atoms. The number of halogens is 1. The van der Waals surface area contributed by atoms with Gasteiger partial charge in [0, 0.05) is 18.2 Å². The number of rotatable bonds is 6. The van der Waals surface area contributed by atoms with Crippen LogP contribution in [0, 0.1) is 5.82 Å². The van der Waals surface area contributed by atoms with Gasteiger partial charge in [-0.25, -0.2) is 4.39 Å². The summed E-state index contributed by atoms with van der Waals surface area (Å²) in [5, 5.41) is 12.6. The van der Waals surface area contributed by atoms with Crippen LogP contribution in [-0.4, -0.2) is 5.11 Å². The highest BCUT2D eigenvalue weighted by Crippen LogP contribution is 2.17. The summed E-state index contributed by atoms with van der Waals surface area (Å²) < 4.78 is 13.3. The van der Waals surface area contributed by atoms with Gasteiger partial charge >= 0.3 is 0 Å². The van der Waals surface area contributed by atoms with E-state index in [9.17, 15) is 4.39 Å². The molecule has 0 aliphatic carbocycles. The lowest BCUT2D eigenvalue weighted by molar-refractivity contribution is 0.275. The number of hydrogen-bond donors (Lipinski definition) is 2. The summed E-state index contributed by atoms with van der Waals surface area (Å²) in [7, 11) is 0. The van der Waals surface area contributed by atoms with Crippen LogP contribution in [0.15, 0.2) is 48.5 Å². The van der Waals surface area contributed by atoms with E-state index in [2.05, 4.69) is 24.4 Å². The van der Waals surface area contributed by atoms with Crippen molar-refractivity contribution in [1.82, 2.24) is 5.32 Å². The maximum atomic E-state index is 13.3. The minimum Gasteiger partial charge on any atom is -0.392 e. The lowest BCUT2D eigenvalue weighted by Crippen LogP contribution is -2.20. The predicted octanol–water partition coefficient (Wildman–Crippen LogP) is 3.56. The van der Waals surface area contributed by atoms with Gasteiger partial charge in [-0.15, -0.1) is 0 Å². The van der Waals surface area contributed by atoms with Gasteiger partial charge in [-0.05, 0) is 29.7 Å². The molecule has 2 aromatic carbocycles. The van der Waals surface area contributed by atoms with Gasteiger partial charge in [-0.2, -0.15) is 0 Å². The second kappa shape index (κ2) is 7.17. The SMILES string of the molecule is CCC(NCc1ccc(F)c(CO)c1)c1ccccc1. The van der Waals surface area contributed by atoms with Crippen LogP contribution < -0.4 is 5.32 Å². The number of aliphatic hydroxyl groups is 1. The first-order chi connectivity index (χ1) is 9.74. The summed E-state index contributed by atoms with van der Waals surface area (Å²) in [6.45, 7) is 2.52.